The topological polar surface area (TPSA) is 136 Å². The molecule has 0 aromatic heterocycles. The van der Waals surface area contributed by atoms with Crippen molar-refractivity contribution in [3.63, 3.8) is 0 Å². The van der Waals surface area contributed by atoms with E-state index in [2.05, 4.69) is 0 Å². The number of alkyl halides is 3. The summed E-state index contributed by atoms with van der Waals surface area (Å²) in [5, 5.41) is 22.9. The van der Waals surface area contributed by atoms with Crippen LogP contribution in [0.5, 0.6) is 5.75 Å². The Balaban J connectivity index is 2.07. The zero-order chi connectivity index (χ0) is 23.9. The Labute approximate surface area is 179 Å². The van der Waals surface area contributed by atoms with Crippen molar-refractivity contribution in [1.82, 2.24) is 4.72 Å². The zero-order valence-electron chi connectivity index (χ0n) is 16.4. The lowest BCUT2D eigenvalue weighted by Crippen LogP contribution is -2.61. The zero-order valence-corrected chi connectivity index (χ0v) is 17.2. The highest BCUT2D eigenvalue weighted by atomic mass is 32.2. The number of halogens is 3. The first-order valence-corrected chi connectivity index (χ1v) is 10.6. The number of ether oxygens (including phenoxy) is 1. The number of nitro benzene ring substituents is 1. The van der Waals surface area contributed by atoms with Gasteiger partial charge in [-0.05, 0) is 17.5 Å². The maximum absolute atomic E-state index is 13.5. The van der Waals surface area contributed by atoms with E-state index in [-0.39, 0.29) is 11.7 Å². The second-order valence-corrected chi connectivity index (χ2v) is 9.42. The van der Waals surface area contributed by atoms with Gasteiger partial charge in [-0.25, -0.2) is 8.42 Å². The number of ketones is 1. The van der Waals surface area contributed by atoms with Gasteiger partial charge in [0.15, 0.2) is 5.54 Å². The summed E-state index contributed by atoms with van der Waals surface area (Å²) in [6, 6.07) is 7.03. The molecule has 1 aliphatic carbocycles. The fourth-order valence-electron chi connectivity index (χ4n) is 4.07. The van der Waals surface area contributed by atoms with Gasteiger partial charge in [-0.1, -0.05) is 38.1 Å². The molecule has 2 N–H and O–H groups in total. The monoisotopic (exact) mass is 472 g/mol. The van der Waals surface area contributed by atoms with Crippen molar-refractivity contribution in [2.24, 2.45) is 0 Å². The van der Waals surface area contributed by atoms with Crippen LogP contribution in [0.1, 0.15) is 46.8 Å². The molecule has 0 amide bonds. The molecule has 2 atom stereocenters. The number of rotatable bonds is 4. The first-order chi connectivity index (χ1) is 14.7. The van der Waals surface area contributed by atoms with Gasteiger partial charge in [0.25, 0.3) is 11.5 Å². The molecule has 32 heavy (non-hydrogen) atoms. The van der Waals surface area contributed by atoms with Crippen LogP contribution < -0.4 is 9.46 Å². The normalized spacial score (nSPS) is 24.2. The van der Waals surface area contributed by atoms with Crippen molar-refractivity contribution in [2.75, 3.05) is 0 Å². The third-order valence-electron chi connectivity index (χ3n) is 5.61. The third kappa shape index (κ3) is 2.64. The van der Waals surface area contributed by atoms with Gasteiger partial charge in [0, 0.05) is 17.2 Å². The summed E-state index contributed by atoms with van der Waals surface area (Å²) in [5.41, 5.74) is -10.7. The molecule has 4 rings (SSSR count). The summed E-state index contributed by atoms with van der Waals surface area (Å²) in [5.74, 6) is -4.74. The molecule has 2 aromatic carbocycles. The molecule has 1 heterocycles. The van der Waals surface area contributed by atoms with Crippen LogP contribution in [-0.2, 0) is 21.3 Å². The number of nitrogens with zero attached hydrogens (tertiary/aromatic N) is 1. The number of carbonyl (C=O) groups excluding carboxylic acids is 1. The fourth-order valence-corrected chi connectivity index (χ4v) is 4.93. The Bertz CT molecular complexity index is 1290. The van der Waals surface area contributed by atoms with Crippen molar-refractivity contribution < 1.29 is 41.2 Å². The number of benzene rings is 2. The smallest absolute Gasteiger partial charge is 0.455 e. The summed E-state index contributed by atoms with van der Waals surface area (Å²) >= 11 is 0. The quantitative estimate of drug-likeness (QED) is 0.516. The molecular formula is C19H15F3N2O7S. The molecule has 2 aromatic rings. The Morgan fingerprint density at radius 3 is 2.41 bits per heavy atom. The van der Waals surface area contributed by atoms with Gasteiger partial charge in [0.1, 0.15) is 11.3 Å². The van der Waals surface area contributed by atoms with E-state index in [4.69, 9.17) is 4.74 Å². The molecule has 0 radical (unpaired) electrons. The summed E-state index contributed by atoms with van der Waals surface area (Å²) < 4.78 is 70.8. The van der Waals surface area contributed by atoms with E-state index in [1.54, 1.807) is 13.8 Å². The SMILES string of the molecule is CC(C)c1ccc2c(c1)OC1(O)c3cccc([N+](=O)[O-])c3C(=O)C21NS(=O)(=O)C(F)(F)F. The maximum atomic E-state index is 13.5. The number of carbonyl (C=O) groups is 1. The number of fused-ring (bicyclic) bond motifs is 5. The molecule has 2 unspecified atom stereocenters. The minimum atomic E-state index is -6.22. The van der Waals surface area contributed by atoms with Crippen LogP contribution in [0.4, 0.5) is 18.9 Å². The molecule has 0 spiro atoms. The van der Waals surface area contributed by atoms with Crippen LogP contribution >= 0.6 is 0 Å². The van der Waals surface area contributed by atoms with E-state index in [0.29, 0.717) is 5.56 Å². The van der Waals surface area contributed by atoms with Gasteiger partial charge in [-0.3, -0.25) is 14.9 Å². The molecule has 0 fully saturated rings. The van der Waals surface area contributed by atoms with Gasteiger partial charge in [0.05, 0.1) is 4.92 Å². The Hall–Kier alpha value is -3.03. The highest BCUT2D eigenvalue weighted by Gasteiger charge is 2.74. The average Bonchev–Trinajstić information content (AvgIpc) is 3.03. The predicted molar refractivity (Wildman–Crippen MR) is 102 cm³/mol. The Morgan fingerprint density at radius 2 is 1.84 bits per heavy atom. The van der Waals surface area contributed by atoms with Crippen molar-refractivity contribution in [2.45, 2.75) is 36.6 Å². The fraction of sp³-hybridized carbons (Fsp3) is 0.316. The molecule has 170 valence electrons. The molecule has 0 saturated carbocycles. The first kappa shape index (κ1) is 22.2. The number of Topliss-reactive ketones (excluding diaryl/α,β-unsaturated/α-hetero) is 1. The van der Waals surface area contributed by atoms with E-state index < -0.39 is 59.9 Å². The van der Waals surface area contributed by atoms with Crippen LogP contribution in [0.25, 0.3) is 0 Å². The van der Waals surface area contributed by atoms with Gasteiger partial charge in [0.2, 0.25) is 5.78 Å². The first-order valence-electron chi connectivity index (χ1n) is 9.16. The van der Waals surface area contributed by atoms with Crippen LogP contribution in [0.2, 0.25) is 0 Å². The molecule has 9 nitrogen and oxygen atoms in total. The molecular weight excluding hydrogens is 457 g/mol. The Kier molecular flexibility index (Phi) is 4.50. The summed E-state index contributed by atoms with van der Waals surface area (Å²) in [6.45, 7) is 3.61. The van der Waals surface area contributed by atoms with Crippen LogP contribution in [-0.4, -0.2) is 29.7 Å². The number of sulfonamides is 1. The summed E-state index contributed by atoms with van der Waals surface area (Å²) in [7, 11) is -6.22. The number of hydrogen-bond acceptors (Lipinski definition) is 7. The van der Waals surface area contributed by atoms with Gasteiger partial charge in [-0.15, -0.1) is 0 Å². The van der Waals surface area contributed by atoms with Crippen LogP contribution in [0.15, 0.2) is 36.4 Å². The number of aliphatic hydroxyl groups is 1. The molecule has 2 aliphatic rings. The number of nitrogens with one attached hydrogen (secondary N) is 1. The number of nitro groups is 1. The highest BCUT2D eigenvalue weighted by molar-refractivity contribution is 7.90. The molecule has 0 saturated heterocycles. The number of hydrogen-bond donors (Lipinski definition) is 2. The predicted octanol–water partition coefficient (Wildman–Crippen LogP) is 2.79. The maximum Gasteiger partial charge on any atom is 0.511 e. The van der Waals surface area contributed by atoms with Crippen molar-refractivity contribution in [1.29, 1.82) is 0 Å². The van der Waals surface area contributed by atoms with Gasteiger partial charge >= 0.3 is 15.5 Å². The largest absolute Gasteiger partial charge is 0.511 e. The van der Waals surface area contributed by atoms with E-state index in [1.165, 1.54) is 16.9 Å². The van der Waals surface area contributed by atoms with E-state index in [9.17, 15) is 41.6 Å². The highest BCUT2D eigenvalue weighted by Crippen LogP contribution is 2.60. The van der Waals surface area contributed by atoms with Gasteiger partial charge in [-0.2, -0.15) is 17.9 Å². The standard InChI is InChI=1S/C19H15F3N2O7S/c1-9(2)10-6-7-11-14(8-10)31-18(26)12-4-3-5-13(24(27)28)15(12)16(25)17(11,18)23-32(29,30)19(20,21)22/h3-9,23,26H,1-2H3. The van der Waals surface area contributed by atoms with Crippen molar-refractivity contribution in [3.05, 3.63) is 68.8 Å². The third-order valence-corrected chi connectivity index (χ3v) is 6.79. The molecule has 13 heteroatoms. The lowest BCUT2D eigenvalue weighted by atomic mass is 9.83. The Morgan fingerprint density at radius 1 is 1.19 bits per heavy atom. The van der Waals surface area contributed by atoms with Crippen molar-refractivity contribution >= 4 is 21.5 Å². The van der Waals surface area contributed by atoms with Crippen molar-refractivity contribution in [3.8, 4) is 5.75 Å². The minimum absolute atomic E-state index is 0.0779. The van der Waals surface area contributed by atoms with E-state index in [0.717, 1.165) is 24.3 Å². The minimum Gasteiger partial charge on any atom is -0.455 e. The second kappa shape index (κ2) is 6.49. The van der Waals surface area contributed by atoms with E-state index in [1.807, 2.05) is 0 Å². The van der Waals surface area contributed by atoms with Gasteiger partial charge < -0.3 is 9.84 Å². The average molecular weight is 472 g/mol. The summed E-state index contributed by atoms with van der Waals surface area (Å²) in [6.07, 6.45) is 0. The van der Waals surface area contributed by atoms with Crippen LogP contribution in [0.3, 0.4) is 0 Å². The second-order valence-electron chi connectivity index (χ2n) is 7.74. The summed E-state index contributed by atoms with van der Waals surface area (Å²) in [4.78, 5) is 24.0. The van der Waals surface area contributed by atoms with Crippen LogP contribution in [0, 0.1) is 10.1 Å². The molecule has 1 aliphatic heterocycles. The molecule has 0 bridgehead atoms. The lowest BCUT2D eigenvalue weighted by Gasteiger charge is -2.34. The van der Waals surface area contributed by atoms with E-state index >= 15 is 0 Å². The lowest BCUT2D eigenvalue weighted by molar-refractivity contribution is -0.385.